The SMILES string of the molecule is Cc1nc([C@@H]2CN(Cc3ccccc3)CCO2)cc(N(C)C)n1. The number of morpholine rings is 1. The van der Waals surface area contributed by atoms with Crippen LogP contribution in [0.2, 0.25) is 0 Å². The molecule has 0 N–H and O–H groups in total. The fraction of sp³-hybridized carbons (Fsp3) is 0.444. The molecule has 2 aromatic rings. The quantitative estimate of drug-likeness (QED) is 0.867. The van der Waals surface area contributed by atoms with Gasteiger partial charge in [-0.3, -0.25) is 4.90 Å². The summed E-state index contributed by atoms with van der Waals surface area (Å²) in [5.41, 5.74) is 2.31. The minimum Gasteiger partial charge on any atom is -0.369 e. The molecule has 2 heterocycles. The summed E-state index contributed by atoms with van der Waals surface area (Å²) >= 11 is 0. The van der Waals surface area contributed by atoms with E-state index in [1.807, 2.05) is 32.0 Å². The summed E-state index contributed by atoms with van der Waals surface area (Å²) < 4.78 is 5.97. The molecule has 0 amide bonds. The maximum Gasteiger partial charge on any atom is 0.132 e. The first-order chi connectivity index (χ1) is 11.1. The van der Waals surface area contributed by atoms with Crippen LogP contribution in [0.4, 0.5) is 5.82 Å². The van der Waals surface area contributed by atoms with Crippen LogP contribution in [-0.4, -0.2) is 48.7 Å². The zero-order valence-electron chi connectivity index (χ0n) is 14.1. The molecule has 3 rings (SSSR count). The minimum atomic E-state index is 0.00728. The molecule has 0 unspecified atom stereocenters. The molecule has 0 saturated carbocycles. The molecule has 1 aliphatic heterocycles. The van der Waals surface area contributed by atoms with Crippen molar-refractivity contribution in [2.45, 2.75) is 19.6 Å². The molecule has 0 bridgehead atoms. The number of aryl methyl sites for hydroxylation is 1. The lowest BCUT2D eigenvalue weighted by Gasteiger charge is -2.33. The number of rotatable bonds is 4. The van der Waals surface area contributed by atoms with E-state index < -0.39 is 0 Å². The number of anilines is 1. The van der Waals surface area contributed by atoms with Crippen molar-refractivity contribution in [3.05, 3.63) is 53.5 Å². The van der Waals surface area contributed by atoms with Crippen molar-refractivity contribution in [1.82, 2.24) is 14.9 Å². The van der Waals surface area contributed by atoms with E-state index in [4.69, 9.17) is 4.74 Å². The smallest absolute Gasteiger partial charge is 0.132 e. The van der Waals surface area contributed by atoms with E-state index in [1.54, 1.807) is 0 Å². The lowest BCUT2D eigenvalue weighted by molar-refractivity contribution is -0.0350. The summed E-state index contributed by atoms with van der Waals surface area (Å²) in [6.45, 7) is 5.43. The Labute approximate surface area is 137 Å². The largest absolute Gasteiger partial charge is 0.369 e. The van der Waals surface area contributed by atoms with Crippen LogP contribution in [-0.2, 0) is 11.3 Å². The van der Waals surface area contributed by atoms with Crippen LogP contribution < -0.4 is 4.90 Å². The van der Waals surface area contributed by atoms with Gasteiger partial charge in [0.1, 0.15) is 17.7 Å². The Morgan fingerprint density at radius 3 is 2.74 bits per heavy atom. The molecule has 1 aromatic carbocycles. The van der Waals surface area contributed by atoms with E-state index in [1.165, 1.54) is 5.56 Å². The van der Waals surface area contributed by atoms with Crippen LogP contribution >= 0.6 is 0 Å². The average molecular weight is 312 g/mol. The van der Waals surface area contributed by atoms with Gasteiger partial charge >= 0.3 is 0 Å². The molecule has 122 valence electrons. The van der Waals surface area contributed by atoms with Gasteiger partial charge in [-0.2, -0.15) is 0 Å². The number of ether oxygens (including phenoxy) is 1. The van der Waals surface area contributed by atoms with Crippen molar-refractivity contribution >= 4 is 5.82 Å². The van der Waals surface area contributed by atoms with Crippen molar-refractivity contribution in [3.63, 3.8) is 0 Å². The predicted octanol–water partition coefficient (Wildman–Crippen LogP) is 2.42. The summed E-state index contributed by atoms with van der Waals surface area (Å²) in [5.74, 6) is 1.71. The highest BCUT2D eigenvalue weighted by atomic mass is 16.5. The van der Waals surface area contributed by atoms with E-state index in [0.29, 0.717) is 0 Å². The summed E-state index contributed by atoms with van der Waals surface area (Å²) in [5, 5.41) is 0. The van der Waals surface area contributed by atoms with Crippen LogP contribution in [0.25, 0.3) is 0 Å². The van der Waals surface area contributed by atoms with E-state index >= 15 is 0 Å². The number of aromatic nitrogens is 2. The Balaban J connectivity index is 1.73. The Kier molecular flexibility index (Phi) is 4.88. The fourth-order valence-corrected chi connectivity index (χ4v) is 2.84. The molecule has 0 radical (unpaired) electrons. The fourth-order valence-electron chi connectivity index (χ4n) is 2.84. The first kappa shape index (κ1) is 15.9. The summed E-state index contributed by atoms with van der Waals surface area (Å²) in [6.07, 6.45) is 0.00728. The van der Waals surface area contributed by atoms with E-state index in [2.05, 4.69) is 45.2 Å². The molecular formula is C18H24N4O. The molecule has 5 nitrogen and oxygen atoms in total. The summed E-state index contributed by atoms with van der Waals surface area (Å²) in [6, 6.07) is 12.6. The Morgan fingerprint density at radius 2 is 2.00 bits per heavy atom. The van der Waals surface area contributed by atoms with Gasteiger partial charge in [-0.15, -0.1) is 0 Å². The number of benzene rings is 1. The molecule has 1 fully saturated rings. The third-order valence-corrected chi connectivity index (χ3v) is 4.03. The van der Waals surface area contributed by atoms with Gasteiger partial charge in [0, 0.05) is 39.8 Å². The van der Waals surface area contributed by atoms with Crippen molar-refractivity contribution in [3.8, 4) is 0 Å². The number of hydrogen-bond donors (Lipinski definition) is 0. The molecule has 0 aliphatic carbocycles. The Hall–Kier alpha value is -1.98. The van der Waals surface area contributed by atoms with Gasteiger partial charge in [-0.25, -0.2) is 9.97 Å². The third-order valence-electron chi connectivity index (χ3n) is 4.03. The Morgan fingerprint density at radius 1 is 1.22 bits per heavy atom. The van der Waals surface area contributed by atoms with Crippen LogP contribution in [0.3, 0.4) is 0 Å². The summed E-state index contributed by atoms with van der Waals surface area (Å²) in [4.78, 5) is 13.5. The highest BCUT2D eigenvalue weighted by molar-refractivity contribution is 5.38. The van der Waals surface area contributed by atoms with E-state index in [0.717, 1.165) is 43.6 Å². The van der Waals surface area contributed by atoms with Crippen molar-refractivity contribution in [2.24, 2.45) is 0 Å². The Bertz CT molecular complexity index is 645. The van der Waals surface area contributed by atoms with Crippen LogP contribution in [0.1, 0.15) is 23.2 Å². The zero-order valence-corrected chi connectivity index (χ0v) is 14.1. The number of hydrogen-bond acceptors (Lipinski definition) is 5. The molecule has 1 saturated heterocycles. The van der Waals surface area contributed by atoms with Crippen molar-refractivity contribution < 1.29 is 4.74 Å². The van der Waals surface area contributed by atoms with Crippen LogP contribution in [0, 0.1) is 6.92 Å². The normalized spacial score (nSPS) is 18.8. The first-order valence-corrected chi connectivity index (χ1v) is 8.02. The monoisotopic (exact) mass is 312 g/mol. The van der Waals surface area contributed by atoms with Crippen LogP contribution in [0.15, 0.2) is 36.4 Å². The first-order valence-electron chi connectivity index (χ1n) is 8.02. The zero-order chi connectivity index (χ0) is 16.2. The molecule has 5 heteroatoms. The maximum absolute atomic E-state index is 5.97. The summed E-state index contributed by atoms with van der Waals surface area (Å²) in [7, 11) is 3.99. The van der Waals surface area contributed by atoms with Gasteiger partial charge in [0.15, 0.2) is 0 Å². The third kappa shape index (κ3) is 4.06. The molecule has 1 aromatic heterocycles. The number of nitrogens with zero attached hydrogens (tertiary/aromatic N) is 4. The maximum atomic E-state index is 5.97. The van der Waals surface area contributed by atoms with E-state index in [-0.39, 0.29) is 6.10 Å². The van der Waals surface area contributed by atoms with Crippen molar-refractivity contribution in [1.29, 1.82) is 0 Å². The second-order valence-electron chi connectivity index (χ2n) is 6.17. The standard InChI is InChI=1S/C18H24N4O/c1-14-19-16(11-18(20-14)21(2)3)17-13-22(9-10-23-17)12-15-7-5-4-6-8-15/h4-8,11,17H,9-10,12-13H2,1-3H3/t17-/m0/s1. The molecule has 23 heavy (non-hydrogen) atoms. The second-order valence-corrected chi connectivity index (χ2v) is 6.17. The van der Waals surface area contributed by atoms with E-state index in [9.17, 15) is 0 Å². The highest BCUT2D eigenvalue weighted by Crippen LogP contribution is 2.24. The molecule has 1 atom stereocenters. The molecule has 1 aliphatic rings. The van der Waals surface area contributed by atoms with Gasteiger partial charge in [-0.05, 0) is 12.5 Å². The van der Waals surface area contributed by atoms with Gasteiger partial charge in [-0.1, -0.05) is 30.3 Å². The van der Waals surface area contributed by atoms with Crippen LogP contribution in [0.5, 0.6) is 0 Å². The van der Waals surface area contributed by atoms with Gasteiger partial charge in [0.2, 0.25) is 0 Å². The highest BCUT2D eigenvalue weighted by Gasteiger charge is 2.24. The minimum absolute atomic E-state index is 0.00728. The van der Waals surface area contributed by atoms with Gasteiger partial charge in [0.25, 0.3) is 0 Å². The topological polar surface area (TPSA) is 41.5 Å². The lowest BCUT2D eigenvalue weighted by atomic mass is 10.1. The average Bonchev–Trinajstić information content (AvgIpc) is 2.55. The second kappa shape index (κ2) is 7.06. The molecular weight excluding hydrogens is 288 g/mol. The van der Waals surface area contributed by atoms with Gasteiger partial charge in [0.05, 0.1) is 12.3 Å². The molecule has 0 spiro atoms. The van der Waals surface area contributed by atoms with Crippen molar-refractivity contribution in [2.75, 3.05) is 38.7 Å². The lowest BCUT2D eigenvalue weighted by Crippen LogP contribution is -2.38. The van der Waals surface area contributed by atoms with Gasteiger partial charge < -0.3 is 9.64 Å². The predicted molar refractivity (Wildman–Crippen MR) is 91.5 cm³/mol.